The van der Waals surface area contributed by atoms with Crippen LogP contribution in [0.5, 0.6) is 0 Å². The second-order valence-corrected chi connectivity index (χ2v) is 4.17. The van der Waals surface area contributed by atoms with Gasteiger partial charge in [0.05, 0.1) is 6.61 Å². The van der Waals surface area contributed by atoms with Gasteiger partial charge in [-0.15, -0.1) is 0 Å². The Hall–Kier alpha value is -1.20. The van der Waals surface area contributed by atoms with Crippen LogP contribution in [0, 0.1) is 11.8 Å². The molecule has 0 saturated carbocycles. The highest BCUT2D eigenvalue weighted by molar-refractivity contribution is 5.30. The molecule has 0 radical (unpaired) electrons. The largest absolute Gasteiger partial charge is 0.458 e. The fourth-order valence-electron chi connectivity index (χ4n) is 1.86. The minimum Gasteiger partial charge on any atom is -0.458 e. The lowest BCUT2D eigenvalue weighted by atomic mass is 10.2. The number of unbranched alkanes of at least 4 members (excludes halogenated alkanes) is 2. The Morgan fingerprint density at radius 2 is 2.50 bits per heavy atom. The summed E-state index contributed by atoms with van der Waals surface area (Å²) in [6, 6.07) is 0. The molecule has 16 heavy (non-hydrogen) atoms. The average Bonchev–Trinajstić information content (AvgIpc) is 2.90. The highest BCUT2D eigenvalue weighted by atomic mass is 16.7. The molecule has 1 atom stereocenters. The van der Waals surface area contributed by atoms with Gasteiger partial charge in [-0.3, -0.25) is 0 Å². The summed E-state index contributed by atoms with van der Waals surface area (Å²) in [5.41, 5.74) is 0. The van der Waals surface area contributed by atoms with Crippen LogP contribution in [0.25, 0.3) is 0 Å². The zero-order chi connectivity index (χ0) is 11.3. The van der Waals surface area contributed by atoms with Crippen LogP contribution in [0.3, 0.4) is 0 Å². The van der Waals surface area contributed by atoms with Crippen LogP contribution in [-0.4, -0.2) is 12.4 Å². The number of allylic oxidation sites excluding steroid dienone is 2. The molecular weight excluding hydrogens is 200 g/mol. The quantitative estimate of drug-likeness (QED) is 0.523. The third-order valence-electron chi connectivity index (χ3n) is 2.78. The highest BCUT2D eigenvalue weighted by Gasteiger charge is 2.38. The first-order chi connectivity index (χ1) is 7.85. The molecule has 2 heterocycles. The lowest BCUT2D eigenvalue weighted by Gasteiger charge is -2.20. The molecule has 1 unspecified atom stereocenters. The van der Waals surface area contributed by atoms with Gasteiger partial charge in [0.15, 0.2) is 0 Å². The van der Waals surface area contributed by atoms with Crippen molar-refractivity contribution in [3.05, 3.63) is 24.0 Å². The van der Waals surface area contributed by atoms with E-state index in [-0.39, 0.29) is 0 Å². The van der Waals surface area contributed by atoms with Gasteiger partial charge in [0.2, 0.25) is 5.79 Å². The van der Waals surface area contributed by atoms with Crippen molar-refractivity contribution < 1.29 is 9.47 Å². The minimum absolute atomic E-state index is 0.461. The normalized spacial score (nSPS) is 29.4. The maximum absolute atomic E-state index is 5.74. The number of rotatable bonds is 2. The Morgan fingerprint density at radius 3 is 3.25 bits per heavy atom. The Morgan fingerprint density at radius 1 is 1.56 bits per heavy atom. The van der Waals surface area contributed by atoms with Crippen molar-refractivity contribution in [1.29, 1.82) is 0 Å². The molecule has 0 bridgehead atoms. The number of hydrogen-bond acceptors (Lipinski definition) is 2. The van der Waals surface area contributed by atoms with Gasteiger partial charge in [-0.05, 0) is 25.0 Å². The van der Waals surface area contributed by atoms with E-state index in [2.05, 4.69) is 18.8 Å². The van der Waals surface area contributed by atoms with E-state index in [0.717, 1.165) is 31.6 Å². The Kier molecular flexibility index (Phi) is 3.69. The Labute approximate surface area is 97.3 Å². The first-order valence-corrected chi connectivity index (χ1v) is 6.05. The third-order valence-corrected chi connectivity index (χ3v) is 2.78. The van der Waals surface area contributed by atoms with Crippen molar-refractivity contribution in [1.82, 2.24) is 0 Å². The fourth-order valence-corrected chi connectivity index (χ4v) is 1.86. The van der Waals surface area contributed by atoms with Gasteiger partial charge in [-0.25, -0.2) is 0 Å². The highest BCUT2D eigenvalue weighted by Crippen LogP contribution is 2.35. The summed E-state index contributed by atoms with van der Waals surface area (Å²) < 4.78 is 11.3. The van der Waals surface area contributed by atoms with E-state index < -0.39 is 5.79 Å². The van der Waals surface area contributed by atoms with Crippen LogP contribution in [-0.2, 0) is 9.47 Å². The molecule has 0 amide bonds. The summed E-state index contributed by atoms with van der Waals surface area (Å²) in [4.78, 5) is 0. The first kappa shape index (κ1) is 11.3. The fraction of sp³-hybridized carbons (Fsp3) is 0.571. The summed E-state index contributed by atoms with van der Waals surface area (Å²) in [6.45, 7) is 2.96. The molecule has 2 aliphatic rings. The maximum atomic E-state index is 5.74. The van der Waals surface area contributed by atoms with Crippen molar-refractivity contribution >= 4 is 0 Å². The topological polar surface area (TPSA) is 18.5 Å². The summed E-state index contributed by atoms with van der Waals surface area (Å²) >= 11 is 0. The van der Waals surface area contributed by atoms with Crippen LogP contribution >= 0.6 is 0 Å². The van der Waals surface area contributed by atoms with E-state index in [4.69, 9.17) is 9.47 Å². The summed E-state index contributed by atoms with van der Waals surface area (Å²) in [5.74, 6) is 6.50. The van der Waals surface area contributed by atoms with Crippen LogP contribution in [0.4, 0.5) is 0 Å². The standard InChI is InChI=1S/C14H18O2/c1-2-3-4-5-6-8-13-9-11-14(16-13)10-7-12-15-14/h8-9,11H,2-4,7,10,12H2,1H3/b13-8+. The summed E-state index contributed by atoms with van der Waals surface area (Å²) in [6.07, 6.45) is 11.1. The minimum atomic E-state index is -0.461. The lowest BCUT2D eigenvalue weighted by molar-refractivity contribution is -0.135. The molecule has 2 rings (SSSR count). The van der Waals surface area contributed by atoms with Crippen LogP contribution in [0.2, 0.25) is 0 Å². The summed E-state index contributed by atoms with van der Waals surface area (Å²) in [5, 5.41) is 0. The van der Waals surface area contributed by atoms with Crippen molar-refractivity contribution in [3.8, 4) is 11.8 Å². The third kappa shape index (κ3) is 2.68. The molecule has 0 aromatic rings. The van der Waals surface area contributed by atoms with Crippen molar-refractivity contribution in [2.75, 3.05) is 6.61 Å². The monoisotopic (exact) mass is 218 g/mol. The molecule has 1 spiro atoms. The molecule has 2 heteroatoms. The predicted octanol–water partition coefficient (Wildman–Crippen LogP) is 3.16. The molecule has 0 aromatic carbocycles. The average molecular weight is 218 g/mol. The Balaban J connectivity index is 1.86. The molecule has 0 aromatic heterocycles. The van der Waals surface area contributed by atoms with Crippen molar-refractivity contribution in [2.45, 2.75) is 44.8 Å². The molecule has 86 valence electrons. The van der Waals surface area contributed by atoms with Crippen molar-refractivity contribution in [2.24, 2.45) is 0 Å². The van der Waals surface area contributed by atoms with Crippen LogP contribution in [0.15, 0.2) is 24.0 Å². The maximum Gasteiger partial charge on any atom is 0.230 e. The molecule has 2 aliphatic heterocycles. The van der Waals surface area contributed by atoms with Crippen molar-refractivity contribution in [3.63, 3.8) is 0 Å². The van der Waals surface area contributed by atoms with Gasteiger partial charge >= 0.3 is 0 Å². The van der Waals surface area contributed by atoms with Gasteiger partial charge in [0, 0.05) is 18.9 Å². The van der Waals surface area contributed by atoms with Gasteiger partial charge in [0.25, 0.3) is 0 Å². The van der Waals surface area contributed by atoms with Crippen LogP contribution in [0.1, 0.15) is 39.0 Å². The van der Waals surface area contributed by atoms with Gasteiger partial charge in [-0.2, -0.15) is 0 Å². The zero-order valence-electron chi connectivity index (χ0n) is 9.79. The smallest absolute Gasteiger partial charge is 0.230 e. The van der Waals surface area contributed by atoms with Gasteiger partial charge in [-0.1, -0.05) is 25.2 Å². The van der Waals surface area contributed by atoms with E-state index in [1.165, 1.54) is 12.8 Å². The molecule has 1 fully saturated rings. The van der Waals surface area contributed by atoms with Gasteiger partial charge < -0.3 is 9.47 Å². The second-order valence-electron chi connectivity index (χ2n) is 4.17. The van der Waals surface area contributed by atoms with E-state index in [9.17, 15) is 0 Å². The number of ether oxygens (including phenoxy) is 2. The lowest BCUT2D eigenvalue weighted by Crippen LogP contribution is -2.24. The van der Waals surface area contributed by atoms with E-state index >= 15 is 0 Å². The Bertz CT molecular complexity index is 349. The second kappa shape index (κ2) is 5.23. The predicted molar refractivity (Wildman–Crippen MR) is 63.5 cm³/mol. The van der Waals surface area contributed by atoms with Gasteiger partial charge in [0.1, 0.15) is 5.76 Å². The van der Waals surface area contributed by atoms with Crippen LogP contribution < -0.4 is 0 Å². The molecule has 2 nitrogen and oxygen atoms in total. The molecule has 0 N–H and O–H groups in total. The molecular formula is C14H18O2. The summed E-state index contributed by atoms with van der Waals surface area (Å²) in [7, 11) is 0. The van der Waals surface area contributed by atoms with E-state index in [0.29, 0.717) is 0 Å². The zero-order valence-corrected chi connectivity index (χ0v) is 9.79. The first-order valence-electron chi connectivity index (χ1n) is 6.05. The van der Waals surface area contributed by atoms with E-state index in [1.54, 1.807) is 0 Å². The van der Waals surface area contributed by atoms with E-state index in [1.807, 2.05) is 18.2 Å². The molecule has 1 saturated heterocycles. The molecule has 0 aliphatic carbocycles. The number of hydrogen-bond donors (Lipinski definition) is 0. The SMILES string of the molecule is CCCCC#C/C=C1\C=CC2(CCCO2)O1.